The van der Waals surface area contributed by atoms with Crippen molar-refractivity contribution in [2.45, 2.75) is 52.1 Å². The molecule has 1 fully saturated rings. The molecular weight excluding hydrogens is 414 g/mol. The summed E-state index contributed by atoms with van der Waals surface area (Å²) in [6.07, 6.45) is 7.55. The van der Waals surface area contributed by atoms with Gasteiger partial charge in [0.15, 0.2) is 5.65 Å². The largest absolute Gasteiger partial charge is 0.350 e. The summed E-state index contributed by atoms with van der Waals surface area (Å²) in [7, 11) is 0. The summed E-state index contributed by atoms with van der Waals surface area (Å²) in [4.78, 5) is 12.0. The lowest BCUT2D eigenvalue weighted by Gasteiger charge is -2.30. The zero-order chi connectivity index (χ0) is 22.9. The normalized spacial score (nSPS) is 15.0. The second-order valence-electron chi connectivity index (χ2n) is 9.04. The van der Waals surface area contributed by atoms with Crippen LogP contribution in [0.5, 0.6) is 0 Å². The van der Waals surface area contributed by atoms with Crippen molar-refractivity contribution in [3.63, 3.8) is 0 Å². The van der Waals surface area contributed by atoms with Gasteiger partial charge in [-0.1, -0.05) is 26.0 Å². The Morgan fingerprint density at radius 3 is 2.67 bits per heavy atom. The standard InChI is InChI=1S/C24H31N9/c1-16(2)19-15-28-33-22(19)29-24(31-12-8-18(25)9-13-31)30-23(33)26-14-20-17(3)6-4-7-21(20)32-11-5-10-27-32/h4-7,10-11,15-16,18H,8-9,12-14,25H2,1-3H3,(H,26,29,30). The van der Waals surface area contributed by atoms with Crippen LogP contribution in [-0.2, 0) is 6.54 Å². The van der Waals surface area contributed by atoms with Crippen LogP contribution in [-0.4, -0.2) is 48.5 Å². The number of piperidine rings is 1. The molecule has 3 aromatic heterocycles. The number of anilines is 2. The van der Waals surface area contributed by atoms with Gasteiger partial charge in [0.05, 0.1) is 11.9 Å². The van der Waals surface area contributed by atoms with Gasteiger partial charge in [-0.15, -0.1) is 0 Å². The van der Waals surface area contributed by atoms with Gasteiger partial charge in [0.25, 0.3) is 0 Å². The smallest absolute Gasteiger partial charge is 0.230 e. The van der Waals surface area contributed by atoms with Crippen molar-refractivity contribution in [3.05, 3.63) is 59.5 Å². The zero-order valence-corrected chi connectivity index (χ0v) is 19.4. The number of fused-ring (bicyclic) bond motifs is 1. The van der Waals surface area contributed by atoms with Crippen molar-refractivity contribution in [1.29, 1.82) is 0 Å². The van der Waals surface area contributed by atoms with E-state index >= 15 is 0 Å². The Morgan fingerprint density at radius 1 is 1.12 bits per heavy atom. The molecule has 1 aromatic carbocycles. The van der Waals surface area contributed by atoms with E-state index in [1.165, 1.54) is 5.56 Å². The maximum Gasteiger partial charge on any atom is 0.230 e. The second kappa shape index (κ2) is 8.82. The Balaban J connectivity index is 1.52. The van der Waals surface area contributed by atoms with E-state index in [0.29, 0.717) is 18.4 Å². The van der Waals surface area contributed by atoms with Gasteiger partial charge in [-0.2, -0.15) is 24.7 Å². The maximum absolute atomic E-state index is 6.12. The molecule has 1 aliphatic heterocycles. The number of nitrogens with zero attached hydrogens (tertiary/aromatic N) is 7. The molecule has 0 bridgehead atoms. The fraction of sp³-hybridized carbons (Fsp3) is 0.417. The molecule has 0 spiro atoms. The lowest BCUT2D eigenvalue weighted by molar-refractivity contribution is 0.495. The van der Waals surface area contributed by atoms with E-state index in [4.69, 9.17) is 15.7 Å². The molecule has 0 aliphatic carbocycles. The Bertz CT molecular complexity index is 1230. The van der Waals surface area contributed by atoms with Gasteiger partial charge in [-0.25, -0.2) is 4.68 Å². The summed E-state index contributed by atoms with van der Waals surface area (Å²) in [5.74, 6) is 1.73. The summed E-state index contributed by atoms with van der Waals surface area (Å²) in [6.45, 7) is 8.76. The predicted molar refractivity (Wildman–Crippen MR) is 130 cm³/mol. The van der Waals surface area contributed by atoms with Crippen LogP contribution in [0.2, 0.25) is 0 Å². The lowest BCUT2D eigenvalue weighted by Crippen LogP contribution is -2.40. The summed E-state index contributed by atoms with van der Waals surface area (Å²) in [5, 5.41) is 12.6. The molecule has 0 radical (unpaired) electrons. The Labute approximate surface area is 193 Å². The van der Waals surface area contributed by atoms with Crippen molar-refractivity contribution in [3.8, 4) is 5.69 Å². The SMILES string of the molecule is Cc1cccc(-n2cccn2)c1CNc1nc(N2CCC(N)CC2)nc2c(C(C)C)cnn12. The van der Waals surface area contributed by atoms with Crippen LogP contribution in [0.25, 0.3) is 11.3 Å². The first-order chi connectivity index (χ1) is 16.0. The zero-order valence-electron chi connectivity index (χ0n) is 19.4. The second-order valence-corrected chi connectivity index (χ2v) is 9.04. The van der Waals surface area contributed by atoms with Crippen LogP contribution in [0.15, 0.2) is 42.9 Å². The molecule has 9 nitrogen and oxygen atoms in total. The van der Waals surface area contributed by atoms with E-state index in [0.717, 1.165) is 54.3 Å². The van der Waals surface area contributed by atoms with Crippen molar-refractivity contribution in [1.82, 2.24) is 29.4 Å². The van der Waals surface area contributed by atoms with Gasteiger partial charge >= 0.3 is 0 Å². The van der Waals surface area contributed by atoms with Gasteiger partial charge in [0.1, 0.15) is 0 Å². The molecular formula is C24H31N9. The quantitative estimate of drug-likeness (QED) is 0.469. The molecule has 0 atom stereocenters. The third kappa shape index (κ3) is 4.16. The van der Waals surface area contributed by atoms with Crippen LogP contribution in [0, 0.1) is 6.92 Å². The Morgan fingerprint density at radius 2 is 1.94 bits per heavy atom. The van der Waals surface area contributed by atoms with Gasteiger partial charge in [0.2, 0.25) is 11.9 Å². The molecule has 4 heterocycles. The van der Waals surface area contributed by atoms with Gasteiger partial charge in [0, 0.05) is 43.6 Å². The van der Waals surface area contributed by atoms with Crippen LogP contribution in [0.4, 0.5) is 11.9 Å². The molecule has 172 valence electrons. The summed E-state index contributed by atoms with van der Waals surface area (Å²) >= 11 is 0. The number of benzene rings is 1. The van der Waals surface area contributed by atoms with Crippen molar-refractivity contribution >= 4 is 17.5 Å². The van der Waals surface area contributed by atoms with Crippen molar-refractivity contribution < 1.29 is 0 Å². The van der Waals surface area contributed by atoms with Gasteiger partial charge < -0.3 is 16.0 Å². The first-order valence-electron chi connectivity index (χ1n) is 11.6. The van der Waals surface area contributed by atoms with Gasteiger partial charge in [-0.05, 0) is 48.9 Å². The van der Waals surface area contributed by atoms with Crippen LogP contribution >= 0.6 is 0 Å². The highest BCUT2D eigenvalue weighted by atomic mass is 15.4. The van der Waals surface area contributed by atoms with Crippen LogP contribution in [0.1, 0.15) is 49.3 Å². The summed E-state index contributed by atoms with van der Waals surface area (Å²) < 4.78 is 3.72. The monoisotopic (exact) mass is 445 g/mol. The average Bonchev–Trinajstić information content (AvgIpc) is 3.48. The number of aromatic nitrogens is 6. The number of rotatable bonds is 6. The molecule has 0 unspecified atom stereocenters. The summed E-state index contributed by atoms with van der Waals surface area (Å²) in [5.41, 5.74) is 11.5. The van der Waals surface area contributed by atoms with Crippen molar-refractivity contribution in [2.75, 3.05) is 23.3 Å². The first-order valence-corrected chi connectivity index (χ1v) is 11.6. The average molecular weight is 446 g/mol. The molecule has 5 rings (SSSR count). The van der Waals surface area contributed by atoms with E-state index in [1.807, 2.05) is 27.7 Å². The molecule has 33 heavy (non-hydrogen) atoms. The van der Waals surface area contributed by atoms with E-state index in [2.05, 4.69) is 59.4 Å². The number of hydrogen-bond donors (Lipinski definition) is 2. The molecule has 1 aliphatic rings. The predicted octanol–water partition coefficient (Wildman–Crippen LogP) is 3.28. The van der Waals surface area contributed by atoms with Crippen LogP contribution < -0.4 is 16.0 Å². The van der Waals surface area contributed by atoms with Crippen LogP contribution in [0.3, 0.4) is 0 Å². The molecule has 1 saturated heterocycles. The molecule has 0 amide bonds. The minimum atomic E-state index is 0.255. The van der Waals surface area contributed by atoms with E-state index < -0.39 is 0 Å². The molecule has 4 aromatic rings. The fourth-order valence-corrected chi connectivity index (χ4v) is 4.36. The molecule has 0 saturated carbocycles. The topological polar surface area (TPSA) is 102 Å². The number of aryl methyl sites for hydroxylation is 1. The number of nitrogens with two attached hydrogens (primary N) is 1. The van der Waals surface area contributed by atoms with Gasteiger partial charge in [-0.3, -0.25) is 0 Å². The minimum absolute atomic E-state index is 0.255. The number of nitrogens with one attached hydrogen (secondary N) is 1. The van der Waals surface area contributed by atoms with E-state index in [-0.39, 0.29) is 6.04 Å². The molecule has 3 N–H and O–H groups in total. The maximum atomic E-state index is 6.12. The van der Waals surface area contributed by atoms with E-state index in [9.17, 15) is 0 Å². The molecule has 9 heteroatoms. The minimum Gasteiger partial charge on any atom is -0.350 e. The highest BCUT2D eigenvalue weighted by Crippen LogP contribution is 2.26. The fourth-order valence-electron chi connectivity index (χ4n) is 4.36. The van der Waals surface area contributed by atoms with Crippen molar-refractivity contribution in [2.24, 2.45) is 5.73 Å². The summed E-state index contributed by atoms with van der Waals surface area (Å²) in [6, 6.07) is 8.44. The highest BCUT2D eigenvalue weighted by molar-refractivity contribution is 5.57. The lowest BCUT2D eigenvalue weighted by atomic mass is 10.1. The third-order valence-corrected chi connectivity index (χ3v) is 6.39. The van der Waals surface area contributed by atoms with E-state index in [1.54, 1.807) is 6.20 Å². The number of hydrogen-bond acceptors (Lipinski definition) is 7. The first kappa shape index (κ1) is 21.4. The third-order valence-electron chi connectivity index (χ3n) is 6.39. The highest BCUT2D eigenvalue weighted by Gasteiger charge is 2.22. The Hall–Kier alpha value is -3.46. The Kier molecular flexibility index (Phi) is 5.72.